The third-order valence-electron chi connectivity index (χ3n) is 2.80. The highest BCUT2D eigenvalue weighted by atomic mass is 16.2. The van der Waals surface area contributed by atoms with Crippen molar-refractivity contribution in [2.45, 2.75) is 0 Å². The van der Waals surface area contributed by atoms with Crippen molar-refractivity contribution in [1.29, 1.82) is 0 Å². The molecular formula is C15H14N2O3. The topological polar surface area (TPSA) is 66.5 Å². The minimum absolute atomic E-state index is 0.0176. The third kappa shape index (κ3) is 3.41. The smallest absolute Gasteiger partial charge is 0.243 e. The number of nitrogens with one attached hydrogen (secondary N) is 1. The van der Waals surface area contributed by atoms with Gasteiger partial charge in [-0.25, -0.2) is 0 Å². The molecule has 2 rings (SSSR count). The van der Waals surface area contributed by atoms with Crippen LogP contribution in [0.3, 0.4) is 0 Å². The van der Waals surface area contributed by atoms with Gasteiger partial charge in [-0.3, -0.25) is 14.4 Å². The molecule has 0 atom stereocenters. The van der Waals surface area contributed by atoms with Crippen LogP contribution in [0.15, 0.2) is 54.3 Å². The number of hydrogen-bond acceptors (Lipinski definition) is 4. The van der Waals surface area contributed by atoms with E-state index in [0.29, 0.717) is 0 Å². The van der Waals surface area contributed by atoms with Crippen LogP contribution in [-0.4, -0.2) is 31.1 Å². The molecule has 0 radical (unpaired) electrons. The maximum atomic E-state index is 11.9. The van der Waals surface area contributed by atoms with Crippen molar-refractivity contribution in [3.05, 3.63) is 54.3 Å². The number of allylic oxidation sites excluding steroid dienone is 3. The van der Waals surface area contributed by atoms with Crippen LogP contribution < -0.4 is 10.2 Å². The molecule has 1 aromatic rings. The van der Waals surface area contributed by atoms with Gasteiger partial charge in [-0.15, -0.1) is 0 Å². The normalized spacial score (nSPS) is 13.9. The molecule has 0 saturated carbocycles. The summed E-state index contributed by atoms with van der Waals surface area (Å²) in [5.41, 5.74) is 0.909. The van der Waals surface area contributed by atoms with Gasteiger partial charge in [0.15, 0.2) is 5.78 Å². The van der Waals surface area contributed by atoms with Crippen molar-refractivity contribution in [2.75, 3.05) is 18.5 Å². The average Bonchev–Trinajstić information content (AvgIpc) is 2.43. The summed E-state index contributed by atoms with van der Waals surface area (Å²) in [7, 11) is 1.77. The molecule has 1 N–H and O–H groups in total. The van der Waals surface area contributed by atoms with Crippen LogP contribution in [0.5, 0.6) is 0 Å². The molecule has 1 aromatic carbocycles. The Morgan fingerprint density at radius 1 is 1.15 bits per heavy atom. The number of likely N-dealkylation sites (N-methyl/N-ethyl adjacent to an activating group) is 1. The number of para-hydroxylation sites is 1. The van der Waals surface area contributed by atoms with Gasteiger partial charge in [-0.2, -0.15) is 0 Å². The lowest BCUT2D eigenvalue weighted by Gasteiger charge is -2.19. The first-order valence-corrected chi connectivity index (χ1v) is 6.10. The predicted molar refractivity (Wildman–Crippen MR) is 75.1 cm³/mol. The van der Waals surface area contributed by atoms with E-state index >= 15 is 0 Å². The maximum absolute atomic E-state index is 11.9. The first-order chi connectivity index (χ1) is 9.56. The first-order valence-electron chi connectivity index (χ1n) is 6.10. The van der Waals surface area contributed by atoms with E-state index in [9.17, 15) is 14.4 Å². The number of carbonyl (C=O) groups excluding carboxylic acids is 3. The summed E-state index contributed by atoms with van der Waals surface area (Å²) in [6.45, 7) is 0.0898. The summed E-state index contributed by atoms with van der Waals surface area (Å²) >= 11 is 0. The molecule has 20 heavy (non-hydrogen) atoms. The molecule has 102 valence electrons. The van der Waals surface area contributed by atoms with E-state index in [1.165, 1.54) is 6.08 Å². The Morgan fingerprint density at radius 2 is 1.85 bits per heavy atom. The minimum atomic E-state index is -0.375. The van der Waals surface area contributed by atoms with E-state index in [0.717, 1.165) is 17.8 Å². The fourth-order valence-corrected chi connectivity index (χ4v) is 1.79. The second-order valence-electron chi connectivity index (χ2n) is 4.40. The lowest BCUT2D eigenvalue weighted by Crippen LogP contribution is -2.37. The Kier molecular flexibility index (Phi) is 4.10. The van der Waals surface area contributed by atoms with Crippen molar-refractivity contribution in [2.24, 2.45) is 0 Å². The second kappa shape index (κ2) is 5.97. The highest BCUT2D eigenvalue weighted by molar-refractivity contribution is 6.18. The number of carbonyl (C=O) groups is 3. The van der Waals surface area contributed by atoms with E-state index < -0.39 is 0 Å². The van der Waals surface area contributed by atoms with Gasteiger partial charge in [0, 0.05) is 18.8 Å². The fourth-order valence-electron chi connectivity index (χ4n) is 1.79. The van der Waals surface area contributed by atoms with Gasteiger partial charge < -0.3 is 10.2 Å². The molecule has 1 aliphatic rings. The number of rotatable bonds is 4. The number of benzene rings is 1. The van der Waals surface area contributed by atoms with Crippen molar-refractivity contribution in [3.8, 4) is 0 Å². The van der Waals surface area contributed by atoms with E-state index in [1.54, 1.807) is 11.9 Å². The van der Waals surface area contributed by atoms with Crippen LogP contribution in [-0.2, 0) is 14.4 Å². The maximum Gasteiger partial charge on any atom is 0.243 e. The van der Waals surface area contributed by atoms with Gasteiger partial charge in [-0.05, 0) is 24.3 Å². The van der Waals surface area contributed by atoms with Crippen LogP contribution in [0.4, 0.5) is 5.69 Å². The zero-order valence-electron chi connectivity index (χ0n) is 11.0. The van der Waals surface area contributed by atoms with Gasteiger partial charge >= 0.3 is 0 Å². The zero-order valence-corrected chi connectivity index (χ0v) is 11.0. The average molecular weight is 270 g/mol. The van der Waals surface area contributed by atoms with E-state index in [2.05, 4.69) is 5.32 Å². The number of anilines is 1. The molecule has 0 aromatic heterocycles. The van der Waals surface area contributed by atoms with E-state index in [1.807, 2.05) is 30.3 Å². The van der Waals surface area contributed by atoms with E-state index in [4.69, 9.17) is 0 Å². The van der Waals surface area contributed by atoms with Crippen molar-refractivity contribution < 1.29 is 14.4 Å². The Bertz CT molecular complexity index is 603. The van der Waals surface area contributed by atoms with Crippen LogP contribution in [0.1, 0.15) is 0 Å². The first kappa shape index (κ1) is 13.7. The van der Waals surface area contributed by atoms with Crippen LogP contribution in [0.2, 0.25) is 0 Å². The Labute approximate surface area is 116 Å². The molecule has 1 amide bonds. The summed E-state index contributed by atoms with van der Waals surface area (Å²) in [4.78, 5) is 36.3. The summed E-state index contributed by atoms with van der Waals surface area (Å²) < 4.78 is 0. The van der Waals surface area contributed by atoms with Gasteiger partial charge in [0.05, 0.1) is 12.2 Å². The van der Waals surface area contributed by atoms with Crippen molar-refractivity contribution >= 4 is 23.2 Å². The molecule has 0 spiro atoms. The summed E-state index contributed by atoms with van der Waals surface area (Å²) in [6.07, 6.45) is 3.45. The quantitative estimate of drug-likeness (QED) is 0.823. The predicted octanol–water partition coefficient (Wildman–Crippen LogP) is 0.831. The Hall–Kier alpha value is -2.69. The Balaban J connectivity index is 1.96. The van der Waals surface area contributed by atoms with Crippen LogP contribution >= 0.6 is 0 Å². The molecule has 0 unspecified atom stereocenters. The van der Waals surface area contributed by atoms with Gasteiger partial charge in [0.1, 0.15) is 0 Å². The zero-order chi connectivity index (χ0) is 14.5. The number of amides is 1. The van der Waals surface area contributed by atoms with E-state index in [-0.39, 0.29) is 29.7 Å². The van der Waals surface area contributed by atoms with Crippen LogP contribution in [0, 0.1) is 0 Å². The monoisotopic (exact) mass is 270 g/mol. The number of nitrogens with zero attached hydrogens (tertiary/aromatic N) is 1. The molecule has 0 heterocycles. The molecule has 5 nitrogen and oxygen atoms in total. The second-order valence-corrected chi connectivity index (χ2v) is 4.40. The highest BCUT2D eigenvalue weighted by Gasteiger charge is 2.16. The van der Waals surface area contributed by atoms with Crippen LogP contribution in [0.25, 0.3) is 0 Å². The summed E-state index contributed by atoms with van der Waals surface area (Å²) in [5.74, 6) is -1.03. The largest absolute Gasteiger partial charge is 0.365 e. The third-order valence-corrected chi connectivity index (χ3v) is 2.80. The lowest BCUT2D eigenvalue weighted by molar-refractivity contribution is -0.121. The van der Waals surface area contributed by atoms with Crippen molar-refractivity contribution in [1.82, 2.24) is 5.32 Å². The van der Waals surface area contributed by atoms with Gasteiger partial charge in [-0.1, -0.05) is 18.2 Å². The standard InChI is InChI=1S/C15H14N2O3/c1-17(11-5-3-2-4-6-11)10-15(20)16-13-9-12(18)7-8-14(13)19/h2-9H,10H2,1H3,(H,16,20). The van der Waals surface area contributed by atoms with Gasteiger partial charge in [0.25, 0.3) is 0 Å². The summed E-state index contributed by atoms with van der Waals surface area (Å²) in [5, 5.41) is 2.46. The SMILES string of the molecule is CN(CC(=O)NC1=CC(=O)C=CC1=O)c1ccccc1. The van der Waals surface area contributed by atoms with Crippen molar-refractivity contribution in [3.63, 3.8) is 0 Å². The fraction of sp³-hybridized carbons (Fsp3) is 0.133. The molecule has 0 saturated heterocycles. The van der Waals surface area contributed by atoms with Gasteiger partial charge in [0.2, 0.25) is 11.7 Å². The minimum Gasteiger partial charge on any atom is -0.365 e. The molecule has 5 heteroatoms. The Morgan fingerprint density at radius 3 is 2.55 bits per heavy atom. The molecule has 1 aliphatic carbocycles. The molecule has 0 aliphatic heterocycles. The number of hydrogen-bond donors (Lipinski definition) is 1. The molecule has 0 fully saturated rings. The molecular weight excluding hydrogens is 256 g/mol. The number of ketones is 2. The highest BCUT2D eigenvalue weighted by Crippen LogP contribution is 2.10. The lowest BCUT2D eigenvalue weighted by atomic mass is 10.1. The summed E-state index contributed by atoms with van der Waals surface area (Å²) in [6, 6.07) is 9.40. The molecule has 0 bridgehead atoms.